The molecule has 27 heavy (non-hydrogen) atoms. The molecule has 3 aromatic rings. The highest BCUT2D eigenvalue weighted by atomic mass is 16.5. The Morgan fingerprint density at radius 3 is 2.78 bits per heavy atom. The minimum absolute atomic E-state index is 0.628. The van der Waals surface area contributed by atoms with Crippen LogP contribution >= 0.6 is 0 Å². The highest BCUT2D eigenvalue weighted by Crippen LogP contribution is 2.24. The zero-order valence-corrected chi connectivity index (χ0v) is 15.1. The van der Waals surface area contributed by atoms with E-state index in [1.165, 1.54) is 5.56 Å². The molecule has 138 valence electrons. The number of hydrogen-bond acceptors (Lipinski definition) is 7. The third kappa shape index (κ3) is 4.38. The SMILES string of the molecule is c1cncc(OCCCNc2nc(-c3cccnc3)nc3c2CCNC3)c1. The number of nitrogens with zero attached hydrogens (tertiary/aromatic N) is 4. The maximum atomic E-state index is 5.70. The molecule has 0 radical (unpaired) electrons. The molecule has 1 aliphatic heterocycles. The molecule has 0 amide bonds. The summed E-state index contributed by atoms with van der Waals surface area (Å²) in [6.45, 7) is 3.12. The molecule has 0 spiro atoms. The largest absolute Gasteiger partial charge is 0.492 e. The van der Waals surface area contributed by atoms with Crippen molar-refractivity contribution in [3.05, 3.63) is 60.3 Å². The Labute approximate surface area is 158 Å². The lowest BCUT2D eigenvalue weighted by atomic mass is 10.1. The molecule has 7 nitrogen and oxygen atoms in total. The topological polar surface area (TPSA) is 84.8 Å². The first-order valence-electron chi connectivity index (χ1n) is 9.18. The molecule has 1 aliphatic rings. The van der Waals surface area contributed by atoms with E-state index in [1.807, 2.05) is 24.3 Å². The lowest BCUT2D eigenvalue weighted by Crippen LogP contribution is -2.27. The van der Waals surface area contributed by atoms with Crippen molar-refractivity contribution in [2.75, 3.05) is 25.0 Å². The number of fused-ring (bicyclic) bond motifs is 1. The summed E-state index contributed by atoms with van der Waals surface area (Å²) in [5.74, 6) is 2.42. The van der Waals surface area contributed by atoms with Crippen LogP contribution in [0.25, 0.3) is 11.4 Å². The second-order valence-corrected chi connectivity index (χ2v) is 6.31. The van der Waals surface area contributed by atoms with Gasteiger partial charge in [0, 0.05) is 42.8 Å². The van der Waals surface area contributed by atoms with Gasteiger partial charge < -0.3 is 15.4 Å². The van der Waals surface area contributed by atoms with E-state index in [0.29, 0.717) is 12.4 Å². The van der Waals surface area contributed by atoms with Crippen molar-refractivity contribution in [3.63, 3.8) is 0 Å². The summed E-state index contributed by atoms with van der Waals surface area (Å²) >= 11 is 0. The third-order valence-electron chi connectivity index (χ3n) is 4.37. The standard InChI is InChI=1S/C20H22N6O/c1-4-15(12-21-7-1)19-25-18-14-23-10-6-17(18)20(26-19)24-9-3-11-27-16-5-2-8-22-13-16/h1-2,4-5,7-8,12-13,23H,3,6,9-11,14H2,(H,24,25,26). The van der Waals surface area contributed by atoms with E-state index in [1.54, 1.807) is 24.8 Å². The van der Waals surface area contributed by atoms with Gasteiger partial charge in [0.1, 0.15) is 11.6 Å². The lowest BCUT2D eigenvalue weighted by molar-refractivity contribution is 0.313. The van der Waals surface area contributed by atoms with Gasteiger partial charge in [-0.1, -0.05) is 0 Å². The third-order valence-corrected chi connectivity index (χ3v) is 4.37. The van der Waals surface area contributed by atoms with Crippen LogP contribution in [0.2, 0.25) is 0 Å². The van der Waals surface area contributed by atoms with E-state index in [0.717, 1.165) is 55.3 Å². The highest BCUT2D eigenvalue weighted by Gasteiger charge is 2.18. The highest BCUT2D eigenvalue weighted by molar-refractivity contribution is 5.59. The Bertz CT molecular complexity index is 872. The average molecular weight is 362 g/mol. The van der Waals surface area contributed by atoms with E-state index in [2.05, 4.69) is 20.6 Å². The van der Waals surface area contributed by atoms with Crippen LogP contribution in [0.15, 0.2) is 49.1 Å². The molecule has 0 aromatic carbocycles. The predicted octanol–water partition coefficient (Wildman–Crippen LogP) is 2.46. The minimum atomic E-state index is 0.628. The minimum Gasteiger partial charge on any atom is -0.492 e. The molecule has 0 unspecified atom stereocenters. The maximum Gasteiger partial charge on any atom is 0.163 e. The van der Waals surface area contributed by atoms with Gasteiger partial charge in [0.2, 0.25) is 0 Å². The van der Waals surface area contributed by atoms with Crippen molar-refractivity contribution in [2.24, 2.45) is 0 Å². The zero-order chi connectivity index (χ0) is 18.3. The number of nitrogens with one attached hydrogen (secondary N) is 2. The quantitative estimate of drug-likeness (QED) is 0.625. The molecule has 2 N–H and O–H groups in total. The number of hydrogen-bond donors (Lipinski definition) is 2. The molecular formula is C20H22N6O. The summed E-state index contributed by atoms with van der Waals surface area (Å²) in [7, 11) is 0. The van der Waals surface area contributed by atoms with Crippen molar-refractivity contribution in [1.82, 2.24) is 25.3 Å². The maximum absolute atomic E-state index is 5.70. The Hall–Kier alpha value is -3.06. The van der Waals surface area contributed by atoms with Crippen LogP contribution in [-0.2, 0) is 13.0 Å². The summed E-state index contributed by atoms with van der Waals surface area (Å²) in [6.07, 6.45) is 8.81. The number of rotatable bonds is 7. The predicted molar refractivity (Wildman–Crippen MR) is 104 cm³/mol. The summed E-state index contributed by atoms with van der Waals surface area (Å²) in [5.41, 5.74) is 3.19. The van der Waals surface area contributed by atoms with E-state index in [-0.39, 0.29) is 0 Å². The van der Waals surface area contributed by atoms with Crippen LogP contribution in [0.5, 0.6) is 5.75 Å². The van der Waals surface area contributed by atoms with Crippen LogP contribution in [-0.4, -0.2) is 39.6 Å². The first-order chi connectivity index (χ1) is 13.4. The van der Waals surface area contributed by atoms with Gasteiger partial charge in [-0.2, -0.15) is 0 Å². The van der Waals surface area contributed by atoms with E-state index >= 15 is 0 Å². The fourth-order valence-corrected chi connectivity index (χ4v) is 3.03. The molecule has 4 heterocycles. The van der Waals surface area contributed by atoms with Gasteiger partial charge in [0.25, 0.3) is 0 Å². The first kappa shape index (κ1) is 17.4. The van der Waals surface area contributed by atoms with Crippen molar-refractivity contribution in [1.29, 1.82) is 0 Å². The van der Waals surface area contributed by atoms with Gasteiger partial charge in [0.15, 0.2) is 5.82 Å². The molecule has 0 aliphatic carbocycles. The van der Waals surface area contributed by atoms with E-state index in [4.69, 9.17) is 14.7 Å². The zero-order valence-electron chi connectivity index (χ0n) is 15.1. The summed E-state index contributed by atoms with van der Waals surface area (Å²) in [6, 6.07) is 7.67. The van der Waals surface area contributed by atoms with Gasteiger partial charge >= 0.3 is 0 Å². The molecule has 0 saturated carbocycles. The number of aromatic nitrogens is 4. The van der Waals surface area contributed by atoms with Crippen molar-refractivity contribution in [3.8, 4) is 17.1 Å². The second-order valence-electron chi connectivity index (χ2n) is 6.31. The molecule has 4 rings (SSSR count). The first-order valence-corrected chi connectivity index (χ1v) is 9.18. The fraction of sp³-hybridized carbons (Fsp3) is 0.300. The van der Waals surface area contributed by atoms with Crippen LogP contribution in [0, 0.1) is 0 Å². The Balaban J connectivity index is 1.43. The molecule has 7 heteroatoms. The Morgan fingerprint density at radius 2 is 1.96 bits per heavy atom. The lowest BCUT2D eigenvalue weighted by Gasteiger charge is -2.20. The monoisotopic (exact) mass is 362 g/mol. The summed E-state index contributed by atoms with van der Waals surface area (Å²) in [5, 5.41) is 6.86. The van der Waals surface area contributed by atoms with Crippen LogP contribution in [0.3, 0.4) is 0 Å². The molecule has 3 aromatic heterocycles. The Morgan fingerprint density at radius 1 is 1.07 bits per heavy atom. The molecule has 0 atom stereocenters. The van der Waals surface area contributed by atoms with Crippen LogP contribution < -0.4 is 15.4 Å². The number of pyridine rings is 2. The summed E-state index contributed by atoms with van der Waals surface area (Å²) < 4.78 is 5.70. The Kier molecular flexibility index (Phi) is 5.50. The van der Waals surface area contributed by atoms with Gasteiger partial charge in [-0.3, -0.25) is 9.97 Å². The summed E-state index contributed by atoms with van der Waals surface area (Å²) in [4.78, 5) is 17.7. The van der Waals surface area contributed by atoms with Gasteiger partial charge in [-0.25, -0.2) is 9.97 Å². The molecule has 0 saturated heterocycles. The van der Waals surface area contributed by atoms with Crippen LogP contribution in [0.4, 0.5) is 5.82 Å². The molecule has 0 bridgehead atoms. The van der Waals surface area contributed by atoms with Gasteiger partial charge in [-0.05, 0) is 43.7 Å². The smallest absolute Gasteiger partial charge is 0.163 e. The van der Waals surface area contributed by atoms with Crippen molar-refractivity contribution >= 4 is 5.82 Å². The number of anilines is 1. The normalized spacial score (nSPS) is 13.0. The average Bonchev–Trinajstić information content (AvgIpc) is 2.74. The van der Waals surface area contributed by atoms with Gasteiger partial charge in [-0.15, -0.1) is 0 Å². The fourth-order valence-electron chi connectivity index (χ4n) is 3.03. The van der Waals surface area contributed by atoms with E-state index < -0.39 is 0 Å². The van der Waals surface area contributed by atoms with E-state index in [9.17, 15) is 0 Å². The van der Waals surface area contributed by atoms with Gasteiger partial charge in [0.05, 0.1) is 18.5 Å². The molecule has 0 fully saturated rings. The van der Waals surface area contributed by atoms with Crippen molar-refractivity contribution in [2.45, 2.75) is 19.4 Å². The number of ether oxygens (including phenoxy) is 1. The van der Waals surface area contributed by atoms with Crippen LogP contribution in [0.1, 0.15) is 17.7 Å². The second kappa shape index (κ2) is 8.55. The molecular weight excluding hydrogens is 340 g/mol. The van der Waals surface area contributed by atoms with Crippen molar-refractivity contribution < 1.29 is 4.74 Å².